The molecule has 0 rings (SSSR count). The fourth-order valence-corrected chi connectivity index (χ4v) is 68.4. The molecule has 0 aromatic carbocycles. The molecule has 0 fully saturated rings. The minimum atomic E-state index is -2.42. The van der Waals surface area contributed by atoms with Crippen LogP contribution < -0.4 is 1.76 Å². The van der Waals surface area contributed by atoms with E-state index in [1.54, 1.807) is 65.1 Å². The van der Waals surface area contributed by atoms with Crippen LogP contribution >= 0.6 is 0 Å². The van der Waals surface area contributed by atoms with E-state index in [0.29, 0.717) is 0 Å². The van der Waals surface area contributed by atoms with Crippen molar-refractivity contribution in [2.45, 2.75) is 222 Å². The Morgan fingerprint density at radius 1 is 0.256 bits per heavy atom. The van der Waals surface area contributed by atoms with Crippen LogP contribution in [0.15, 0.2) is 0 Å². The van der Waals surface area contributed by atoms with E-state index in [-0.39, 0.29) is 0 Å². The molecule has 236 valence electrons. The Bertz CT molecular complexity index is 376. The van der Waals surface area contributed by atoms with E-state index in [1.165, 1.54) is 116 Å². The predicted molar refractivity (Wildman–Crippen MR) is 188 cm³/mol. The molecule has 3 heteroatoms. The predicted octanol–water partition coefficient (Wildman–Crippen LogP) is 13.9. The number of nitrogens with one attached hydrogen (secondary N) is 1. The normalized spacial score (nSPS) is 12.5. The summed E-state index contributed by atoms with van der Waals surface area (Å²) in [4.78, 5) is 0. The molecule has 0 radical (unpaired) electrons. The summed E-state index contributed by atoms with van der Waals surface area (Å²) in [5, 5.41) is 0. The third-order valence-electron chi connectivity index (χ3n) is 9.58. The number of hydrogen-bond donors (Lipinski definition) is 1. The van der Waals surface area contributed by atoms with Crippen LogP contribution in [0.4, 0.5) is 0 Å². The third-order valence-corrected chi connectivity index (χ3v) is 55.4. The zero-order chi connectivity index (χ0) is 28.9. The quantitative estimate of drug-likeness (QED) is 0.0532. The van der Waals surface area contributed by atoms with Crippen molar-refractivity contribution < 1.29 is 0 Å². The summed E-state index contributed by atoms with van der Waals surface area (Å²) >= 11 is -4.84. The molecule has 0 aromatic rings. The fraction of sp³-hybridized carbons (Fsp3) is 1.00. The first-order chi connectivity index (χ1) is 19.1. The van der Waals surface area contributed by atoms with E-state index in [4.69, 9.17) is 1.76 Å². The molecule has 0 spiro atoms. The van der Waals surface area contributed by atoms with Crippen molar-refractivity contribution in [1.82, 2.24) is 1.76 Å². The third kappa shape index (κ3) is 22.7. The molecule has 1 N–H and O–H groups in total. The summed E-state index contributed by atoms with van der Waals surface area (Å²) in [5.41, 5.74) is 0. The second-order valence-electron chi connectivity index (χ2n) is 13.5. The molecule has 0 bridgehead atoms. The molecule has 0 saturated carbocycles. The zero-order valence-electron chi connectivity index (χ0n) is 28.7. The average Bonchev–Trinajstić information content (AvgIpc) is 2.94. The van der Waals surface area contributed by atoms with Gasteiger partial charge in [0.2, 0.25) is 0 Å². The molecule has 0 atom stereocenters. The number of rotatable bonds is 32. The van der Waals surface area contributed by atoms with Crippen molar-refractivity contribution in [3.05, 3.63) is 0 Å². The SMILES string of the molecule is CCCCC[CH2][Sn]([CH2]CCCCC)([CH2]CCCCC)[NH][Sn]([CH2]CCCCC)([CH2]CCCCC)[CH2]CCCCC. The van der Waals surface area contributed by atoms with Gasteiger partial charge in [0.25, 0.3) is 0 Å². The van der Waals surface area contributed by atoms with Gasteiger partial charge in [-0.2, -0.15) is 0 Å². The van der Waals surface area contributed by atoms with Crippen molar-refractivity contribution in [3.8, 4) is 0 Å². The van der Waals surface area contributed by atoms with Crippen LogP contribution in [0.1, 0.15) is 196 Å². The first-order valence-electron chi connectivity index (χ1n) is 18.9. The van der Waals surface area contributed by atoms with Gasteiger partial charge in [-0.3, -0.25) is 0 Å². The van der Waals surface area contributed by atoms with Gasteiger partial charge in [0.1, 0.15) is 0 Å². The van der Waals surface area contributed by atoms with Gasteiger partial charge in [-0.05, 0) is 0 Å². The zero-order valence-corrected chi connectivity index (χ0v) is 34.4. The average molecular weight is 763 g/mol. The molecule has 0 unspecified atom stereocenters. The second-order valence-corrected chi connectivity index (χ2v) is 42.2. The standard InChI is InChI=1S/6C6H13.HN.2Sn/c6*1-3-5-6-4-2;;;/h6*1,3-6H2,2H3;1H;;. The van der Waals surface area contributed by atoms with Crippen LogP contribution in [-0.4, -0.2) is 37.3 Å². The van der Waals surface area contributed by atoms with Crippen molar-refractivity contribution >= 4 is 37.3 Å². The molecule has 39 heavy (non-hydrogen) atoms. The molecule has 0 aliphatic carbocycles. The summed E-state index contributed by atoms with van der Waals surface area (Å²) in [6, 6.07) is 0. The van der Waals surface area contributed by atoms with Gasteiger partial charge >= 0.3 is 261 Å². The van der Waals surface area contributed by atoms with Crippen LogP contribution in [0.2, 0.25) is 26.6 Å². The Labute approximate surface area is 259 Å². The van der Waals surface area contributed by atoms with Gasteiger partial charge in [-0.1, -0.05) is 0 Å². The molecule has 0 aromatic heterocycles. The summed E-state index contributed by atoms with van der Waals surface area (Å²) < 4.78 is 15.3. The first kappa shape index (κ1) is 40.6. The Morgan fingerprint density at radius 2 is 0.436 bits per heavy atom. The fourth-order valence-electron chi connectivity index (χ4n) is 7.03. The van der Waals surface area contributed by atoms with Gasteiger partial charge in [0.05, 0.1) is 0 Å². The first-order valence-corrected chi connectivity index (χ1v) is 33.8. The van der Waals surface area contributed by atoms with Crippen molar-refractivity contribution in [1.29, 1.82) is 0 Å². The van der Waals surface area contributed by atoms with Crippen molar-refractivity contribution in [3.63, 3.8) is 0 Å². The molecule has 0 aliphatic rings. The molecule has 0 aliphatic heterocycles. The van der Waals surface area contributed by atoms with Crippen molar-refractivity contribution in [2.24, 2.45) is 0 Å². The van der Waals surface area contributed by atoms with E-state index in [2.05, 4.69) is 41.5 Å². The molecule has 0 amide bonds. The Balaban J connectivity index is 6.10. The van der Waals surface area contributed by atoms with E-state index in [0.717, 1.165) is 0 Å². The summed E-state index contributed by atoms with van der Waals surface area (Å²) in [7, 11) is 0. The van der Waals surface area contributed by atoms with Crippen molar-refractivity contribution in [2.75, 3.05) is 0 Å². The summed E-state index contributed by atoms with van der Waals surface area (Å²) in [5.74, 6) is 0. The Hall–Kier alpha value is 1.56. The maximum absolute atomic E-state index is 5.16. The molecular weight excluding hydrogens is 684 g/mol. The Kier molecular flexibility index (Phi) is 30.8. The van der Waals surface area contributed by atoms with E-state index < -0.39 is 37.3 Å². The topological polar surface area (TPSA) is 12.0 Å². The van der Waals surface area contributed by atoms with Crippen LogP contribution in [0, 0.1) is 0 Å². The molecule has 0 heterocycles. The van der Waals surface area contributed by atoms with Crippen LogP contribution in [0.3, 0.4) is 0 Å². The van der Waals surface area contributed by atoms with Crippen LogP contribution in [0.5, 0.6) is 0 Å². The maximum atomic E-state index is 5.16. The molecular formula is C36H79NSn2. The van der Waals surface area contributed by atoms with Gasteiger partial charge in [0.15, 0.2) is 0 Å². The number of hydrogen-bond acceptors (Lipinski definition) is 1. The number of unbranched alkanes of at least 4 members (excludes halogenated alkanes) is 18. The molecule has 0 saturated heterocycles. The van der Waals surface area contributed by atoms with E-state index in [1.807, 2.05) is 0 Å². The molecule has 1 nitrogen and oxygen atoms in total. The van der Waals surface area contributed by atoms with Crippen LogP contribution in [0.25, 0.3) is 0 Å². The summed E-state index contributed by atoms with van der Waals surface area (Å²) in [6.45, 7) is 14.4. The van der Waals surface area contributed by atoms with Gasteiger partial charge in [-0.15, -0.1) is 0 Å². The van der Waals surface area contributed by atoms with Gasteiger partial charge in [-0.25, -0.2) is 0 Å². The minimum absolute atomic E-state index is 1.39. The monoisotopic (exact) mass is 765 g/mol. The van der Waals surface area contributed by atoms with Crippen LogP contribution in [-0.2, 0) is 0 Å². The van der Waals surface area contributed by atoms with E-state index >= 15 is 0 Å². The second kappa shape index (κ2) is 29.6. The van der Waals surface area contributed by atoms with Gasteiger partial charge in [0, 0.05) is 0 Å². The van der Waals surface area contributed by atoms with Gasteiger partial charge < -0.3 is 0 Å². The summed E-state index contributed by atoms with van der Waals surface area (Å²) in [6.07, 6.45) is 35.5. The van der Waals surface area contributed by atoms with E-state index in [9.17, 15) is 0 Å². The Morgan fingerprint density at radius 3 is 0.590 bits per heavy atom.